The Morgan fingerprint density at radius 1 is 1.29 bits per heavy atom. The van der Waals surface area contributed by atoms with Crippen molar-refractivity contribution in [1.82, 2.24) is 10.2 Å². The number of H-pyrrole nitrogens is 1. The SMILES string of the molecule is Oc1ccccc1-c1cc(=S)cn[nH]1. The van der Waals surface area contributed by atoms with Gasteiger partial charge in [-0.2, -0.15) is 5.10 Å². The van der Waals surface area contributed by atoms with E-state index in [0.29, 0.717) is 10.1 Å². The van der Waals surface area contributed by atoms with E-state index in [1.54, 1.807) is 30.5 Å². The molecule has 2 rings (SSSR count). The van der Waals surface area contributed by atoms with Crippen molar-refractivity contribution in [3.8, 4) is 17.0 Å². The summed E-state index contributed by atoms with van der Waals surface area (Å²) in [6.45, 7) is 0. The van der Waals surface area contributed by atoms with E-state index in [-0.39, 0.29) is 5.75 Å². The van der Waals surface area contributed by atoms with Gasteiger partial charge in [0.1, 0.15) is 5.75 Å². The molecule has 0 unspecified atom stereocenters. The molecule has 1 aromatic heterocycles. The molecule has 2 N–H and O–H groups in total. The molecule has 0 saturated heterocycles. The minimum atomic E-state index is 0.214. The first-order valence-electron chi connectivity index (χ1n) is 4.10. The second-order valence-electron chi connectivity index (χ2n) is 2.85. The molecule has 1 aromatic carbocycles. The number of phenolic OH excluding ortho intramolecular Hbond substituents is 1. The molecule has 0 spiro atoms. The summed E-state index contributed by atoms with van der Waals surface area (Å²) < 4.78 is 0.641. The molecule has 0 saturated carbocycles. The number of hydrogen-bond donors (Lipinski definition) is 2. The summed E-state index contributed by atoms with van der Waals surface area (Å²) in [5.41, 5.74) is 1.42. The van der Waals surface area contributed by atoms with E-state index in [2.05, 4.69) is 10.2 Å². The van der Waals surface area contributed by atoms with E-state index in [0.717, 1.165) is 5.69 Å². The van der Waals surface area contributed by atoms with Crippen molar-refractivity contribution in [3.63, 3.8) is 0 Å². The van der Waals surface area contributed by atoms with Crippen LogP contribution < -0.4 is 0 Å². The number of benzene rings is 1. The highest BCUT2D eigenvalue weighted by Crippen LogP contribution is 2.25. The Bertz CT molecular complexity index is 507. The van der Waals surface area contributed by atoms with E-state index in [1.165, 1.54) is 0 Å². The number of hydrogen-bond acceptors (Lipinski definition) is 3. The fraction of sp³-hybridized carbons (Fsp3) is 0. The Balaban J connectivity index is 2.61. The maximum Gasteiger partial charge on any atom is 0.124 e. The van der Waals surface area contributed by atoms with E-state index in [1.807, 2.05) is 6.07 Å². The minimum absolute atomic E-state index is 0.214. The molecule has 0 amide bonds. The standard InChI is InChI=1S/C10H8N2OS/c13-10-4-2-1-3-8(10)9-5-7(14)6-11-12-9/h1-6,13H,(H,12,14). The maximum absolute atomic E-state index is 9.57. The van der Waals surface area contributed by atoms with Gasteiger partial charge >= 0.3 is 0 Å². The zero-order chi connectivity index (χ0) is 9.97. The quantitative estimate of drug-likeness (QED) is 0.702. The maximum atomic E-state index is 9.57. The van der Waals surface area contributed by atoms with Crippen molar-refractivity contribution in [3.05, 3.63) is 41.0 Å². The number of aromatic nitrogens is 2. The number of rotatable bonds is 1. The van der Waals surface area contributed by atoms with Gasteiger partial charge in [0.15, 0.2) is 0 Å². The molecule has 0 bridgehead atoms. The number of aromatic amines is 1. The van der Waals surface area contributed by atoms with Gasteiger partial charge in [-0.25, -0.2) is 0 Å². The van der Waals surface area contributed by atoms with Gasteiger partial charge in [-0.15, -0.1) is 0 Å². The van der Waals surface area contributed by atoms with Gasteiger partial charge in [-0.05, 0) is 18.2 Å². The average Bonchev–Trinajstić information content (AvgIpc) is 2.18. The minimum Gasteiger partial charge on any atom is -0.507 e. The van der Waals surface area contributed by atoms with Crippen LogP contribution in [0, 0.1) is 4.51 Å². The molecule has 0 aliphatic heterocycles. The van der Waals surface area contributed by atoms with E-state index in [9.17, 15) is 5.11 Å². The topological polar surface area (TPSA) is 48.9 Å². The lowest BCUT2D eigenvalue weighted by Crippen LogP contribution is -1.86. The third-order valence-electron chi connectivity index (χ3n) is 1.86. The van der Waals surface area contributed by atoms with Crippen LogP contribution in [0.5, 0.6) is 5.75 Å². The lowest BCUT2D eigenvalue weighted by Gasteiger charge is -2.02. The second-order valence-corrected chi connectivity index (χ2v) is 3.32. The molecule has 3 nitrogen and oxygen atoms in total. The molecule has 0 radical (unpaired) electrons. The van der Waals surface area contributed by atoms with Crippen LogP contribution in [0.3, 0.4) is 0 Å². The van der Waals surface area contributed by atoms with Crippen LogP contribution >= 0.6 is 12.2 Å². The van der Waals surface area contributed by atoms with Crippen molar-refractivity contribution in [1.29, 1.82) is 0 Å². The first-order chi connectivity index (χ1) is 6.77. The monoisotopic (exact) mass is 204 g/mol. The van der Waals surface area contributed by atoms with Crippen molar-refractivity contribution >= 4 is 12.2 Å². The molecule has 2 aromatic rings. The summed E-state index contributed by atoms with van der Waals surface area (Å²) in [5.74, 6) is 0.214. The van der Waals surface area contributed by atoms with Crippen LogP contribution in [0.15, 0.2) is 36.5 Å². The Kier molecular flexibility index (Phi) is 2.28. The van der Waals surface area contributed by atoms with Gasteiger partial charge in [-0.3, -0.25) is 5.10 Å². The highest BCUT2D eigenvalue weighted by Gasteiger charge is 2.02. The zero-order valence-electron chi connectivity index (χ0n) is 7.27. The molecule has 0 aliphatic carbocycles. The van der Waals surface area contributed by atoms with E-state index in [4.69, 9.17) is 12.2 Å². The molecule has 4 heteroatoms. The second kappa shape index (κ2) is 3.59. The lowest BCUT2D eigenvalue weighted by molar-refractivity contribution is 0.477. The average molecular weight is 204 g/mol. The molecule has 0 fully saturated rings. The van der Waals surface area contributed by atoms with Crippen LogP contribution in [0.25, 0.3) is 11.3 Å². The highest BCUT2D eigenvalue weighted by molar-refractivity contribution is 7.71. The summed E-state index contributed by atoms with van der Waals surface area (Å²) in [6.07, 6.45) is 1.55. The van der Waals surface area contributed by atoms with Gasteiger partial charge in [0.05, 0.1) is 16.4 Å². The van der Waals surface area contributed by atoms with E-state index < -0.39 is 0 Å². The summed E-state index contributed by atoms with van der Waals surface area (Å²) >= 11 is 4.98. The normalized spacial score (nSPS) is 10.0. The van der Waals surface area contributed by atoms with Gasteiger partial charge in [-0.1, -0.05) is 24.4 Å². The smallest absolute Gasteiger partial charge is 0.124 e. The van der Waals surface area contributed by atoms with Gasteiger partial charge in [0, 0.05) is 5.56 Å². The lowest BCUT2D eigenvalue weighted by atomic mass is 10.1. The number of nitrogens with one attached hydrogen (secondary N) is 1. The third kappa shape index (κ3) is 1.65. The predicted octanol–water partition coefficient (Wildman–Crippen LogP) is 2.51. The Labute approximate surface area is 86.0 Å². The highest BCUT2D eigenvalue weighted by atomic mass is 32.1. The van der Waals surface area contributed by atoms with Crippen LogP contribution in [0.2, 0.25) is 0 Å². The summed E-state index contributed by atoms with van der Waals surface area (Å²) in [4.78, 5) is 0. The molecular formula is C10H8N2OS. The fourth-order valence-electron chi connectivity index (χ4n) is 1.22. The van der Waals surface area contributed by atoms with Crippen LogP contribution in [-0.4, -0.2) is 15.3 Å². The Morgan fingerprint density at radius 2 is 2.07 bits per heavy atom. The first kappa shape index (κ1) is 8.90. The Hall–Kier alpha value is -1.68. The summed E-state index contributed by atoms with van der Waals surface area (Å²) in [6, 6.07) is 8.80. The zero-order valence-corrected chi connectivity index (χ0v) is 8.08. The van der Waals surface area contributed by atoms with Crippen molar-refractivity contribution in [2.24, 2.45) is 0 Å². The van der Waals surface area contributed by atoms with Gasteiger partial charge in [0.25, 0.3) is 0 Å². The number of aromatic hydroxyl groups is 1. The molecule has 70 valence electrons. The fourth-order valence-corrected chi connectivity index (χ4v) is 1.39. The Morgan fingerprint density at radius 3 is 2.79 bits per heavy atom. The number of nitrogens with zero attached hydrogens (tertiary/aromatic N) is 1. The first-order valence-corrected chi connectivity index (χ1v) is 4.51. The van der Waals surface area contributed by atoms with Crippen LogP contribution in [-0.2, 0) is 0 Å². The predicted molar refractivity (Wildman–Crippen MR) is 56.5 cm³/mol. The molecular weight excluding hydrogens is 196 g/mol. The number of para-hydroxylation sites is 1. The largest absolute Gasteiger partial charge is 0.507 e. The van der Waals surface area contributed by atoms with Crippen molar-refractivity contribution in [2.75, 3.05) is 0 Å². The summed E-state index contributed by atoms with van der Waals surface area (Å²) in [7, 11) is 0. The summed E-state index contributed by atoms with van der Waals surface area (Å²) in [5, 5.41) is 16.2. The van der Waals surface area contributed by atoms with Gasteiger partial charge < -0.3 is 5.11 Å². The van der Waals surface area contributed by atoms with Crippen LogP contribution in [0.4, 0.5) is 0 Å². The van der Waals surface area contributed by atoms with Crippen molar-refractivity contribution < 1.29 is 5.11 Å². The van der Waals surface area contributed by atoms with E-state index >= 15 is 0 Å². The molecule has 14 heavy (non-hydrogen) atoms. The van der Waals surface area contributed by atoms with Crippen LogP contribution in [0.1, 0.15) is 0 Å². The van der Waals surface area contributed by atoms with Crippen molar-refractivity contribution in [2.45, 2.75) is 0 Å². The third-order valence-corrected chi connectivity index (χ3v) is 2.08. The number of phenols is 1. The van der Waals surface area contributed by atoms with Gasteiger partial charge in [0.2, 0.25) is 0 Å². The molecule has 0 aliphatic rings. The molecule has 0 atom stereocenters. The molecule has 1 heterocycles.